The van der Waals surface area contributed by atoms with E-state index in [1.54, 1.807) is 6.92 Å². The van der Waals surface area contributed by atoms with Gasteiger partial charge in [-0.15, -0.1) is 11.6 Å². The largest absolute Gasteiger partial charge is 0.355 e. The van der Waals surface area contributed by atoms with E-state index in [0.717, 1.165) is 6.54 Å². The molecule has 1 aliphatic carbocycles. The summed E-state index contributed by atoms with van der Waals surface area (Å²) in [7, 11) is 0. The molecule has 1 fully saturated rings. The number of hydrogen-bond donors (Lipinski definition) is 1. The summed E-state index contributed by atoms with van der Waals surface area (Å²) in [6, 6.07) is 0. The molecule has 1 aliphatic rings. The molecule has 1 rings (SSSR count). The Kier molecular flexibility index (Phi) is 5.31. The Hall–Kier alpha value is -0.240. The number of nitrogens with one attached hydrogen (secondary N) is 1. The molecule has 1 unspecified atom stereocenters. The minimum Gasteiger partial charge on any atom is -0.355 e. The number of rotatable bonds is 3. The summed E-state index contributed by atoms with van der Waals surface area (Å²) in [6.45, 7) is 2.53. The van der Waals surface area contributed by atoms with E-state index in [2.05, 4.69) is 5.32 Å². The predicted molar refractivity (Wildman–Crippen MR) is 59.5 cm³/mol. The molecule has 0 heterocycles. The quantitative estimate of drug-likeness (QED) is 0.572. The number of carbonyl (C=O) groups excluding carboxylic acids is 1. The minimum atomic E-state index is -0.402. The van der Waals surface area contributed by atoms with E-state index in [0.29, 0.717) is 5.92 Å². The summed E-state index contributed by atoms with van der Waals surface area (Å²) >= 11 is 5.67. The number of hydrogen-bond acceptors (Lipinski definition) is 1. The first-order valence-electron chi connectivity index (χ1n) is 5.62. The maximum atomic E-state index is 11.2. The van der Waals surface area contributed by atoms with E-state index in [1.165, 1.54) is 38.5 Å². The van der Waals surface area contributed by atoms with Crippen molar-refractivity contribution in [2.75, 3.05) is 6.54 Å². The second kappa shape index (κ2) is 6.28. The fraction of sp³-hybridized carbons (Fsp3) is 0.909. The first-order valence-corrected chi connectivity index (χ1v) is 6.05. The van der Waals surface area contributed by atoms with E-state index in [9.17, 15) is 4.79 Å². The van der Waals surface area contributed by atoms with Gasteiger partial charge in [-0.25, -0.2) is 0 Å². The van der Waals surface area contributed by atoms with Gasteiger partial charge < -0.3 is 5.32 Å². The summed E-state index contributed by atoms with van der Waals surface area (Å²) in [5, 5.41) is 2.51. The first-order chi connectivity index (χ1) is 6.70. The van der Waals surface area contributed by atoms with Crippen molar-refractivity contribution in [2.45, 2.75) is 50.8 Å². The summed E-state index contributed by atoms with van der Waals surface area (Å²) in [4.78, 5) is 11.2. The van der Waals surface area contributed by atoms with Crippen molar-refractivity contribution in [1.29, 1.82) is 0 Å². The molecule has 3 heteroatoms. The fourth-order valence-corrected chi connectivity index (χ4v) is 2.03. The van der Waals surface area contributed by atoms with Gasteiger partial charge >= 0.3 is 0 Å². The monoisotopic (exact) mass is 217 g/mol. The zero-order valence-electron chi connectivity index (χ0n) is 8.89. The number of halogens is 1. The van der Waals surface area contributed by atoms with Crippen molar-refractivity contribution in [2.24, 2.45) is 5.92 Å². The molecule has 0 saturated heterocycles. The highest BCUT2D eigenvalue weighted by atomic mass is 35.5. The van der Waals surface area contributed by atoms with Gasteiger partial charge in [-0.3, -0.25) is 4.79 Å². The Morgan fingerprint density at radius 1 is 1.36 bits per heavy atom. The van der Waals surface area contributed by atoms with Crippen LogP contribution in [0.25, 0.3) is 0 Å². The minimum absolute atomic E-state index is 0.0316. The number of carbonyl (C=O) groups is 1. The first kappa shape index (κ1) is 11.8. The van der Waals surface area contributed by atoms with Crippen LogP contribution in [0.15, 0.2) is 0 Å². The molecule has 0 bridgehead atoms. The molecule has 0 spiro atoms. The molecule has 0 aliphatic heterocycles. The van der Waals surface area contributed by atoms with E-state index in [1.807, 2.05) is 0 Å². The third-order valence-electron chi connectivity index (χ3n) is 2.90. The molecule has 2 nitrogen and oxygen atoms in total. The lowest BCUT2D eigenvalue weighted by atomic mass is 10.0. The molecule has 1 atom stereocenters. The van der Waals surface area contributed by atoms with Gasteiger partial charge in [0.15, 0.2) is 0 Å². The molecule has 0 aromatic heterocycles. The van der Waals surface area contributed by atoms with E-state index in [4.69, 9.17) is 11.6 Å². The van der Waals surface area contributed by atoms with Crippen LogP contribution in [0.1, 0.15) is 45.4 Å². The van der Waals surface area contributed by atoms with Crippen LogP contribution in [0, 0.1) is 5.92 Å². The van der Waals surface area contributed by atoms with Gasteiger partial charge in [0.2, 0.25) is 5.91 Å². The van der Waals surface area contributed by atoms with Gasteiger partial charge in [-0.1, -0.05) is 25.7 Å². The standard InChI is InChI=1S/C11H20ClNO/c1-9(12)11(14)13-8-10-6-4-2-3-5-7-10/h9-10H,2-8H2,1H3,(H,13,14). The molecular weight excluding hydrogens is 198 g/mol. The normalized spacial score (nSPS) is 21.3. The molecule has 14 heavy (non-hydrogen) atoms. The lowest BCUT2D eigenvalue weighted by Crippen LogP contribution is -2.33. The highest BCUT2D eigenvalue weighted by Crippen LogP contribution is 2.22. The lowest BCUT2D eigenvalue weighted by molar-refractivity contribution is -0.120. The van der Waals surface area contributed by atoms with Crippen molar-refractivity contribution in [3.05, 3.63) is 0 Å². The highest BCUT2D eigenvalue weighted by molar-refractivity contribution is 6.30. The Bertz CT molecular complexity index is 174. The second-order valence-electron chi connectivity index (χ2n) is 4.22. The summed E-state index contributed by atoms with van der Waals surface area (Å²) in [6.07, 6.45) is 7.87. The summed E-state index contributed by atoms with van der Waals surface area (Å²) < 4.78 is 0. The highest BCUT2D eigenvalue weighted by Gasteiger charge is 2.14. The van der Waals surface area contributed by atoms with Crippen LogP contribution in [0.4, 0.5) is 0 Å². The van der Waals surface area contributed by atoms with Crippen LogP contribution >= 0.6 is 11.6 Å². The molecule has 0 aromatic rings. The van der Waals surface area contributed by atoms with Crippen molar-refractivity contribution >= 4 is 17.5 Å². The van der Waals surface area contributed by atoms with Gasteiger partial charge in [-0.2, -0.15) is 0 Å². The summed E-state index contributed by atoms with van der Waals surface area (Å²) in [5.41, 5.74) is 0. The van der Waals surface area contributed by atoms with Gasteiger partial charge in [0.25, 0.3) is 0 Å². The van der Waals surface area contributed by atoms with Crippen LogP contribution < -0.4 is 5.32 Å². The zero-order valence-corrected chi connectivity index (χ0v) is 9.65. The zero-order chi connectivity index (χ0) is 10.4. The van der Waals surface area contributed by atoms with Gasteiger partial charge in [0.1, 0.15) is 5.38 Å². The van der Waals surface area contributed by atoms with Crippen LogP contribution in [-0.2, 0) is 4.79 Å². The van der Waals surface area contributed by atoms with Crippen molar-refractivity contribution in [1.82, 2.24) is 5.32 Å². The predicted octanol–water partition coefficient (Wildman–Crippen LogP) is 2.70. The molecular formula is C11H20ClNO. The molecule has 0 aromatic carbocycles. The second-order valence-corrected chi connectivity index (χ2v) is 4.87. The number of amides is 1. The average Bonchev–Trinajstić information content (AvgIpc) is 2.42. The van der Waals surface area contributed by atoms with Crippen LogP contribution in [0.3, 0.4) is 0 Å². The third-order valence-corrected chi connectivity index (χ3v) is 3.10. The van der Waals surface area contributed by atoms with Gasteiger partial charge in [0.05, 0.1) is 0 Å². The average molecular weight is 218 g/mol. The van der Waals surface area contributed by atoms with Crippen LogP contribution in [-0.4, -0.2) is 17.8 Å². The topological polar surface area (TPSA) is 29.1 Å². The summed E-state index contributed by atoms with van der Waals surface area (Å²) in [5.74, 6) is 0.646. The van der Waals surface area contributed by atoms with E-state index in [-0.39, 0.29) is 5.91 Å². The third kappa shape index (κ3) is 4.32. The Labute approximate surface area is 91.4 Å². The molecule has 82 valence electrons. The molecule has 0 radical (unpaired) electrons. The van der Waals surface area contributed by atoms with Gasteiger partial charge in [-0.05, 0) is 25.7 Å². The Morgan fingerprint density at radius 3 is 2.43 bits per heavy atom. The fourth-order valence-electron chi connectivity index (χ4n) is 1.95. The van der Waals surface area contributed by atoms with Crippen molar-refractivity contribution in [3.63, 3.8) is 0 Å². The van der Waals surface area contributed by atoms with Crippen molar-refractivity contribution < 1.29 is 4.79 Å². The molecule has 1 N–H and O–H groups in total. The lowest BCUT2D eigenvalue weighted by Gasteiger charge is -2.15. The van der Waals surface area contributed by atoms with E-state index < -0.39 is 5.38 Å². The van der Waals surface area contributed by atoms with E-state index >= 15 is 0 Å². The molecule has 1 saturated carbocycles. The smallest absolute Gasteiger partial charge is 0.237 e. The Balaban J connectivity index is 2.19. The number of alkyl halides is 1. The van der Waals surface area contributed by atoms with Crippen LogP contribution in [0.5, 0.6) is 0 Å². The van der Waals surface area contributed by atoms with Gasteiger partial charge in [0, 0.05) is 6.54 Å². The maximum absolute atomic E-state index is 11.2. The Morgan fingerprint density at radius 2 is 1.93 bits per heavy atom. The molecule has 1 amide bonds. The SMILES string of the molecule is CC(Cl)C(=O)NCC1CCCCCC1. The maximum Gasteiger partial charge on any atom is 0.237 e. The van der Waals surface area contributed by atoms with Crippen molar-refractivity contribution in [3.8, 4) is 0 Å². The van der Waals surface area contributed by atoms with Crippen LogP contribution in [0.2, 0.25) is 0 Å².